The zero-order valence-electron chi connectivity index (χ0n) is 8.00. The van der Waals surface area contributed by atoms with Crippen molar-refractivity contribution in [2.75, 3.05) is 0 Å². The average Bonchev–Trinajstić information content (AvgIpc) is 2.15. The summed E-state index contributed by atoms with van der Waals surface area (Å²) in [4.78, 5) is 0. The van der Waals surface area contributed by atoms with E-state index in [0.29, 0.717) is 22.9 Å². The van der Waals surface area contributed by atoms with Gasteiger partial charge in [-0.15, -0.1) is 0 Å². The molecule has 1 aliphatic carbocycles. The molecular weight excluding hydrogens is 217 g/mol. The first-order valence-corrected chi connectivity index (χ1v) is 5.55. The highest BCUT2D eigenvalue weighted by Gasteiger charge is 2.36. The van der Waals surface area contributed by atoms with Gasteiger partial charge in [-0.1, -0.05) is 36.2 Å². The van der Waals surface area contributed by atoms with Crippen molar-refractivity contribution in [3.63, 3.8) is 0 Å². The van der Waals surface area contributed by atoms with E-state index in [9.17, 15) is 0 Å². The van der Waals surface area contributed by atoms with Crippen molar-refractivity contribution < 1.29 is 0 Å². The number of nitrogens with two attached hydrogens (primary N) is 1. The lowest BCUT2D eigenvalue weighted by Gasteiger charge is -2.41. The van der Waals surface area contributed by atoms with E-state index in [1.165, 1.54) is 5.56 Å². The lowest BCUT2D eigenvalue weighted by Crippen LogP contribution is -2.44. The van der Waals surface area contributed by atoms with Gasteiger partial charge in [0.1, 0.15) is 0 Å². The fraction of sp³-hybridized carbons (Fsp3) is 0.455. The molecule has 3 unspecified atom stereocenters. The maximum absolute atomic E-state index is 6.12. The van der Waals surface area contributed by atoms with Gasteiger partial charge in [0, 0.05) is 16.1 Å². The molecule has 0 spiro atoms. The maximum Gasteiger partial charge on any atom is 0.0455 e. The molecule has 14 heavy (non-hydrogen) atoms. The van der Waals surface area contributed by atoms with Gasteiger partial charge in [0.25, 0.3) is 0 Å². The largest absolute Gasteiger partial charge is 0.327 e. The molecule has 76 valence electrons. The second-order valence-electron chi connectivity index (χ2n) is 4.03. The average molecular weight is 230 g/mol. The highest BCUT2D eigenvalue weighted by molar-refractivity contribution is 6.35. The smallest absolute Gasteiger partial charge is 0.0455 e. The van der Waals surface area contributed by atoms with Crippen LogP contribution in [0.15, 0.2) is 18.2 Å². The minimum Gasteiger partial charge on any atom is -0.327 e. The lowest BCUT2D eigenvalue weighted by molar-refractivity contribution is 0.227. The van der Waals surface area contributed by atoms with Crippen LogP contribution >= 0.6 is 23.2 Å². The quantitative estimate of drug-likeness (QED) is 0.785. The first-order chi connectivity index (χ1) is 6.59. The third-order valence-electron chi connectivity index (χ3n) is 3.20. The van der Waals surface area contributed by atoms with Crippen LogP contribution in [0, 0.1) is 5.92 Å². The predicted molar refractivity (Wildman–Crippen MR) is 61.0 cm³/mol. The van der Waals surface area contributed by atoms with E-state index in [1.54, 1.807) is 6.07 Å². The second-order valence-corrected chi connectivity index (χ2v) is 4.87. The standard InChI is InChI=1S/C11H13Cl2N/c1-6-9(5-11(6)14)8-3-2-7(12)4-10(8)13/h2-4,6,9,11H,5,14H2,1H3. The Morgan fingerprint density at radius 2 is 2.07 bits per heavy atom. The second kappa shape index (κ2) is 3.73. The Kier molecular flexibility index (Phi) is 2.74. The van der Waals surface area contributed by atoms with Gasteiger partial charge in [0.2, 0.25) is 0 Å². The Morgan fingerprint density at radius 3 is 2.57 bits per heavy atom. The van der Waals surface area contributed by atoms with Gasteiger partial charge in [-0.25, -0.2) is 0 Å². The number of rotatable bonds is 1. The third-order valence-corrected chi connectivity index (χ3v) is 3.76. The van der Waals surface area contributed by atoms with Gasteiger partial charge in [0.15, 0.2) is 0 Å². The van der Waals surface area contributed by atoms with Crippen molar-refractivity contribution in [3.8, 4) is 0 Å². The summed E-state index contributed by atoms with van der Waals surface area (Å²) in [6, 6.07) is 6.03. The Balaban J connectivity index is 2.25. The van der Waals surface area contributed by atoms with Crippen LogP contribution in [0.1, 0.15) is 24.8 Å². The van der Waals surface area contributed by atoms with Crippen LogP contribution in [0.4, 0.5) is 0 Å². The summed E-state index contributed by atoms with van der Waals surface area (Å²) in [7, 11) is 0. The van der Waals surface area contributed by atoms with Crippen LogP contribution < -0.4 is 5.73 Å². The van der Waals surface area contributed by atoms with E-state index >= 15 is 0 Å². The van der Waals surface area contributed by atoms with Gasteiger partial charge in [-0.2, -0.15) is 0 Å². The van der Waals surface area contributed by atoms with Crippen LogP contribution in [0.2, 0.25) is 10.0 Å². The number of halogens is 2. The molecule has 2 N–H and O–H groups in total. The fourth-order valence-corrected chi connectivity index (χ4v) is 2.59. The molecule has 1 nitrogen and oxygen atoms in total. The van der Waals surface area contributed by atoms with Crippen LogP contribution in [-0.2, 0) is 0 Å². The maximum atomic E-state index is 6.12. The predicted octanol–water partition coefficient (Wildman–Crippen LogP) is 3.44. The molecule has 0 heterocycles. The molecule has 0 saturated heterocycles. The van der Waals surface area contributed by atoms with Crippen LogP contribution in [0.5, 0.6) is 0 Å². The van der Waals surface area contributed by atoms with Crippen molar-refractivity contribution >= 4 is 23.2 Å². The van der Waals surface area contributed by atoms with Gasteiger partial charge in [0.05, 0.1) is 0 Å². The summed E-state index contributed by atoms with van der Waals surface area (Å²) in [5.41, 5.74) is 7.05. The minimum absolute atomic E-state index is 0.326. The molecule has 1 aliphatic rings. The van der Waals surface area contributed by atoms with E-state index in [2.05, 4.69) is 6.92 Å². The molecule has 2 rings (SSSR count). The van der Waals surface area contributed by atoms with Crippen molar-refractivity contribution in [2.24, 2.45) is 11.7 Å². The Bertz CT molecular complexity index is 351. The van der Waals surface area contributed by atoms with Crippen LogP contribution in [-0.4, -0.2) is 6.04 Å². The third kappa shape index (κ3) is 1.65. The van der Waals surface area contributed by atoms with E-state index in [0.717, 1.165) is 11.4 Å². The molecular formula is C11H13Cl2N. The molecule has 1 aromatic rings. The fourth-order valence-electron chi connectivity index (χ4n) is 2.04. The molecule has 0 aliphatic heterocycles. The minimum atomic E-state index is 0.326. The highest BCUT2D eigenvalue weighted by atomic mass is 35.5. The summed E-state index contributed by atoms with van der Waals surface area (Å²) >= 11 is 12.0. The zero-order valence-corrected chi connectivity index (χ0v) is 9.52. The van der Waals surface area contributed by atoms with Crippen molar-refractivity contribution in [2.45, 2.75) is 25.3 Å². The van der Waals surface area contributed by atoms with Crippen LogP contribution in [0.25, 0.3) is 0 Å². The molecule has 0 amide bonds. The molecule has 1 aromatic carbocycles. The van der Waals surface area contributed by atoms with Gasteiger partial charge < -0.3 is 5.73 Å². The van der Waals surface area contributed by atoms with E-state index in [-0.39, 0.29) is 0 Å². The summed E-state index contributed by atoms with van der Waals surface area (Å²) < 4.78 is 0. The number of hydrogen-bond acceptors (Lipinski definition) is 1. The molecule has 0 aromatic heterocycles. The molecule has 0 radical (unpaired) electrons. The molecule has 3 atom stereocenters. The Labute approximate surface area is 94.2 Å². The summed E-state index contributed by atoms with van der Waals surface area (Å²) in [6.07, 6.45) is 1.03. The number of benzene rings is 1. The molecule has 1 saturated carbocycles. The van der Waals surface area contributed by atoms with E-state index < -0.39 is 0 Å². The Morgan fingerprint density at radius 1 is 1.36 bits per heavy atom. The monoisotopic (exact) mass is 229 g/mol. The topological polar surface area (TPSA) is 26.0 Å². The summed E-state index contributed by atoms with van der Waals surface area (Å²) in [6.45, 7) is 2.17. The first-order valence-electron chi connectivity index (χ1n) is 4.80. The molecule has 3 heteroatoms. The molecule has 1 fully saturated rings. The van der Waals surface area contributed by atoms with Gasteiger partial charge in [-0.05, 0) is 36.0 Å². The van der Waals surface area contributed by atoms with Gasteiger partial charge in [-0.3, -0.25) is 0 Å². The normalized spacial score (nSPS) is 31.3. The van der Waals surface area contributed by atoms with Gasteiger partial charge >= 0.3 is 0 Å². The first kappa shape index (κ1) is 10.3. The molecule has 0 bridgehead atoms. The Hall–Kier alpha value is -0.240. The van der Waals surface area contributed by atoms with E-state index in [4.69, 9.17) is 28.9 Å². The summed E-state index contributed by atoms with van der Waals surface area (Å²) in [5.74, 6) is 1.03. The highest BCUT2D eigenvalue weighted by Crippen LogP contribution is 2.44. The van der Waals surface area contributed by atoms with Crippen LogP contribution in [0.3, 0.4) is 0 Å². The van der Waals surface area contributed by atoms with Crippen molar-refractivity contribution in [3.05, 3.63) is 33.8 Å². The lowest BCUT2D eigenvalue weighted by atomic mass is 9.67. The number of hydrogen-bond donors (Lipinski definition) is 1. The van der Waals surface area contributed by atoms with Crippen molar-refractivity contribution in [1.29, 1.82) is 0 Å². The zero-order chi connectivity index (χ0) is 10.3. The van der Waals surface area contributed by atoms with Crippen molar-refractivity contribution in [1.82, 2.24) is 0 Å². The SMILES string of the molecule is CC1C(N)CC1c1ccc(Cl)cc1Cl. The summed E-state index contributed by atoms with van der Waals surface area (Å²) in [5, 5.41) is 1.45. The van der Waals surface area contributed by atoms with E-state index in [1.807, 2.05) is 12.1 Å².